The molecule has 0 radical (unpaired) electrons. The number of pyridine rings is 1. The Kier molecular flexibility index (Phi) is 5.01. The molecule has 0 amide bonds. The summed E-state index contributed by atoms with van der Waals surface area (Å²) in [6, 6.07) is 4.33. The van der Waals surface area contributed by atoms with Crippen LogP contribution in [0, 0.1) is 23.5 Å². The third-order valence-corrected chi connectivity index (χ3v) is 4.64. The van der Waals surface area contributed by atoms with Crippen molar-refractivity contribution in [1.29, 1.82) is 0 Å². The average Bonchev–Trinajstić information content (AvgIpc) is 2.60. The first-order valence-corrected chi connectivity index (χ1v) is 8.21. The lowest BCUT2D eigenvalue weighted by Gasteiger charge is -2.12. The Morgan fingerprint density at radius 1 is 1.15 bits per heavy atom. The number of halogens is 5. The molecule has 2 heterocycles. The van der Waals surface area contributed by atoms with Crippen molar-refractivity contribution in [3.63, 3.8) is 0 Å². The minimum absolute atomic E-state index is 0.0357. The van der Waals surface area contributed by atoms with E-state index in [-0.39, 0.29) is 34.4 Å². The van der Waals surface area contributed by atoms with Crippen molar-refractivity contribution < 1.29 is 17.6 Å². The Morgan fingerprint density at radius 3 is 2.42 bits per heavy atom. The summed E-state index contributed by atoms with van der Waals surface area (Å²) < 4.78 is 55.5. The van der Waals surface area contributed by atoms with Crippen molar-refractivity contribution in [3.8, 4) is 0 Å². The molecule has 0 saturated heterocycles. The number of hydrogen-bond donors (Lipinski definition) is 0. The normalized spacial score (nSPS) is 11.1. The van der Waals surface area contributed by atoms with E-state index < -0.39 is 34.0 Å². The fourth-order valence-electron chi connectivity index (χ4n) is 2.19. The van der Waals surface area contributed by atoms with Crippen LogP contribution in [0.4, 0.5) is 17.6 Å². The van der Waals surface area contributed by atoms with Crippen molar-refractivity contribution in [2.75, 3.05) is 0 Å². The molecule has 0 atom stereocenters. The van der Waals surface area contributed by atoms with Crippen molar-refractivity contribution in [2.45, 2.75) is 16.6 Å². The highest BCUT2D eigenvalue weighted by Gasteiger charge is 2.24. The van der Waals surface area contributed by atoms with Gasteiger partial charge < -0.3 is 0 Å². The fraction of sp³-hybridized carbons (Fsp3) is 0.0625. The summed E-state index contributed by atoms with van der Waals surface area (Å²) in [4.78, 5) is 18.3. The minimum atomic E-state index is -1.80. The molecule has 3 aromatic rings. The summed E-state index contributed by atoms with van der Waals surface area (Å²) in [5, 5.41) is 0.321. The van der Waals surface area contributed by atoms with Crippen molar-refractivity contribution in [3.05, 3.63) is 69.8 Å². The first kappa shape index (κ1) is 18.4. The van der Waals surface area contributed by atoms with Gasteiger partial charge in [-0.3, -0.25) is 9.36 Å². The Labute approximate surface area is 153 Å². The molecular formula is C16H8ClF4N3OS. The lowest BCUT2D eigenvalue weighted by atomic mass is 10.2. The minimum Gasteiger partial charge on any atom is -0.283 e. The maximum atomic E-state index is 13.9. The Balaban J connectivity index is 2.26. The zero-order valence-corrected chi connectivity index (χ0v) is 14.3. The molecule has 0 spiro atoms. The Bertz CT molecular complexity index is 1080. The van der Waals surface area contributed by atoms with Gasteiger partial charge in [0.25, 0.3) is 17.5 Å². The van der Waals surface area contributed by atoms with Crippen LogP contribution in [-0.2, 0) is 6.54 Å². The molecule has 0 aliphatic heterocycles. The highest BCUT2D eigenvalue weighted by atomic mass is 35.5. The Morgan fingerprint density at radius 2 is 1.81 bits per heavy atom. The molecule has 10 heteroatoms. The zero-order chi connectivity index (χ0) is 19.0. The molecule has 134 valence electrons. The monoisotopic (exact) mass is 401 g/mol. The van der Waals surface area contributed by atoms with E-state index in [0.717, 1.165) is 4.57 Å². The van der Waals surface area contributed by atoms with Crippen LogP contribution in [0.2, 0.25) is 5.02 Å². The van der Waals surface area contributed by atoms with Crippen LogP contribution < -0.4 is 5.56 Å². The van der Waals surface area contributed by atoms with Gasteiger partial charge in [0, 0.05) is 11.6 Å². The average molecular weight is 402 g/mol. The van der Waals surface area contributed by atoms with Gasteiger partial charge >= 0.3 is 0 Å². The summed E-state index contributed by atoms with van der Waals surface area (Å²) in [6.07, 6.45) is 1.37. The van der Waals surface area contributed by atoms with Gasteiger partial charge in [0.1, 0.15) is 0 Å². The molecule has 2 aromatic heterocycles. The maximum absolute atomic E-state index is 13.9. The highest BCUT2D eigenvalue weighted by molar-refractivity contribution is 7.99. The third kappa shape index (κ3) is 3.19. The van der Waals surface area contributed by atoms with Gasteiger partial charge in [0.15, 0.2) is 16.8 Å². The van der Waals surface area contributed by atoms with E-state index in [2.05, 4.69) is 16.5 Å². The molecule has 1 aromatic carbocycles. The molecule has 0 unspecified atom stereocenters. The van der Waals surface area contributed by atoms with Gasteiger partial charge in [-0.1, -0.05) is 17.7 Å². The number of aromatic nitrogens is 3. The maximum Gasteiger partial charge on any atom is 0.262 e. The van der Waals surface area contributed by atoms with Gasteiger partial charge in [0.05, 0.1) is 15.8 Å². The quantitative estimate of drug-likeness (QED) is 0.282. The standard InChI is InChI=1S/C16H8ClF4N3OS/c1-2-5-24-15(25)8-4-3-7(17)6-9(8)22-16(24)26-12-10(18)13(20)23-14(21)11(12)19/h2-4,6H,1,5H2. The van der Waals surface area contributed by atoms with Gasteiger partial charge in [-0.2, -0.15) is 13.8 Å². The van der Waals surface area contributed by atoms with Crippen LogP contribution in [0.25, 0.3) is 10.9 Å². The molecule has 0 aliphatic rings. The van der Waals surface area contributed by atoms with Crippen LogP contribution in [0.3, 0.4) is 0 Å². The smallest absolute Gasteiger partial charge is 0.262 e. The van der Waals surface area contributed by atoms with E-state index >= 15 is 0 Å². The van der Waals surface area contributed by atoms with E-state index in [0.29, 0.717) is 5.02 Å². The van der Waals surface area contributed by atoms with Crippen LogP contribution in [0.15, 0.2) is 45.7 Å². The predicted molar refractivity (Wildman–Crippen MR) is 89.4 cm³/mol. The summed E-state index contributed by atoms with van der Waals surface area (Å²) >= 11 is 6.14. The van der Waals surface area contributed by atoms with E-state index in [9.17, 15) is 22.4 Å². The summed E-state index contributed by atoms with van der Waals surface area (Å²) in [5.41, 5.74) is -0.356. The second kappa shape index (κ2) is 7.08. The number of benzene rings is 1. The Hall–Kier alpha value is -2.39. The summed E-state index contributed by atoms with van der Waals surface area (Å²) in [7, 11) is 0. The predicted octanol–water partition coefficient (Wildman–Crippen LogP) is 4.34. The van der Waals surface area contributed by atoms with Gasteiger partial charge in [0.2, 0.25) is 0 Å². The van der Waals surface area contributed by atoms with Crippen LogP contribution in [-0.4, -0.2) is 14.5 Å². The third-order valence-electron chi connectivity index (χ3n) is 3.34. The van der Waals surface area contributed by atoms with Crippen molar-refractivity contribution in [1.82, 2.24) is 14.5 Å². The molecular weight excluding hydrogens is 394 g/mol. The SMILES string of the molecule is C=CCn1c(Sc2c(F)c(F)nc(F)c2F)nc2cc(Cl)ccc2c1=O. The topological polar surface area (TPSA) is 47.8 Å². The number of rotatable bonds is 4. The molecule has 0 N–H and O–H groups in total. The number of allylic oxidation sites excluding steroid dienone is 1. The first-order valence-electron chi connectivity index (χ1n) is 7.02. The van der Waals surface area contributed by atoms with Crippen molar-refractivity contribution >= 4 is 34.3 Å². The molecule has 0 fully saturated rings. The molecule has 4 nitrogen and oxygen atoms in total. The fourth-order valence-corrected chi connectivity index (χ4v) is 3.30. The largest absolute Gasteiger partial charge is 0.283 e. The molecule has 3 rings (SSSR count). The van der Waals surface area contributed by atoms with Crippen molar-refractivity contribution in [2.24, 2.45) is 0 Å². The highest BCUT2D eigenvalue weighted by Crippen LogP contribution is 2.33. The van der Waals surface area contributed by atoms with E-state index in [4.69, 9.17) is 11.6 Å². The molecule has 0 saturated carbocycles. The van der Waals surface area contributed by atoms with E-state index in [1.807, 2.05) is 0 Å². The van der Waals surface area contributed by atoms with Crippen LogP contribution >= 0.6 is 23.4 Å². The lowest BCUT2D eigenvalue weighted by molar-refractivity contribution is 0.383. The molecule has 0 aliphatic carbocycles. The first-order chi connectivity index (χ1) is 12.3. The second-order valence-corrected chi connectivity index (χ2v) is 6.43. The van der Waals surface area contributed by atoms with Crippen LogP contribution in [0.1, 0.15) is 0 Å². The molecule has 26 heavy (non-hydrogen) atoms. The van der Waals surface area contributed by atoms with Gasteiger partial charge in [-0.25, -0.2) is 13.8 Å². The van der Waals surface area contributed by atoms with Gasteiger partial charge in [-0.05, 0) is 30.0 Å². The van der Waals surface area contributed by atoms with E-state index in [1.165, 1.54) is 24.3 Å². The van der Waals surface area contributed by atoms with Crippen LogP contribution in [0.5, 0.6) is 0 Å². The number of hydrogen-bond acceptors (Lipinski definition) is 4. The number of fused-ring (bicyclic) bond motifs is 1. The lowest BCUT2D eigenvalue weighted by Crippen LogP contribution is -2.23. The summed E-state index contributed by atoms with van der Waals surface area (Å²) in [5.74, 6) is -6.96. The molecule has 0 bridgehead atoms. The summed E-state index contributed by atoms with van der Waals surface area (Å²) in [6.45, 7) is 3.47. The number of nitrogens with zero attached hydrogens (tertiary/aromatic N) is 3. The zero-order valence-electron chi connectivity index (χ0n) is 12.8. The van der Waals surface area contributed by atoms with E-state index in [1.54, 1.807) is 0 Å². The second-order valence-electron chi connectivity index (χ2n) is 5.01. The van der Waals surface area contributed by atoms with Gasteiger partial charge in [-0.15, -0.1) is 6.58 Å².